The Kier molecular flexibility index (Phi) is 2.34. The number of carbonyl (C=O) groups excluding carboxylic acids is 2. The number of carboxylic acids is 2. The summed E-state index contributed by atoms with van der Waals surface area (Å²) >= 11 is 0. The Morgan fingerprint density at radius 1 is 1.18 bits per heavy atom. The van der Waals surface area contributed by atoms with E-state index in [0.717, 1.165) is 0 Å². The highest BCUT2D eigenvalue weighted by molar-refractivity contribution is 6.02. The number of rotatable bonds is 4. The number of carboxylic acid groups (broad SMARTS) is 2. The lowest BCUT2D eigenvalue weighted by Gasteiger charge is -2.38. The third-order valence-electron chi connectivity index (χ3n) is 4.40. The third-order valence-corrected chi connectivity index (χ3v) is 4.40. The summed E-state index contributed by atoms with van der Waals surface area (Å²) in [7, 11) is 0. The minimum absolute atomic E-state index is 0.154. The van der Waals surface area contributed by atoms with Gasteiger partial charge in [0.2, 0.25) is 0 Å². The molecule has 6 nitrogen and oxygen atoms in total. The molecule has 6 heteroatoms. The molecular weight excluding hydrogens is 228 g/mol. The maximum absolute atomic E-state index is 11.4. The van der Waals surface area contributed by atoms with Crippen molar-refractivity contribution in [3.63, 3.8) is 0 Å². The molecule has 0 amide bonds. The molecule has 0 aromatic rings. The van der Waals surface area contributed by atoms with Gasteiger partial charge in [0.1, 0.15) is 18.0 Å². The fourth-order valence-electron chi connectivity index (χ4n) is 3.64. The van der Waals surface area contributed by atoms with Gasteiger partial charge in [-0.3, -0.25) is 9.59 Å². The monoisotopic (exact) mass is 240 g/mol. The summed E-state index contributed by atoms with van der Waals surface area (Å²) in [5.41, 5.74) is -3.43. The number of hydrogen-bond acceptors (Lipinski definition) is 4. The van der Waals surface area contributed by atoms with Gasteiger partial charge in [-0.1, -0.05) is 0 Å². The molecule has 0 spiro atoms. The molecule has 0 aliphatic heterocycles. The van der Waals surface area contributed by atoms with E-state index in [9.17, 15) is 24.3 Å². The molecule has 2 aliphatic rings. The van der Waals surface area contributed by atoms with E-state index in [1.807, 2.05) is 0 Å². The number of carbonyl (C=O) groups is 4. The van der Waals surface area contributed by atoms with Gasteiger partial charge in [0.05, 0.1) is 5.92 Å². The van der Waals surface area contributed by atoms with Crippen LogP contribution in [0.15, 0.2) is 0 Å². The lowest BCUT2D eigenvalue weighted by molar-refractivity contribution is -0.174. The molecule has 0 saturated heterocycles. The first-order chi connectivity index (χ1) is 7.95. The van der Waals surface area contributed by atoms with E-state index in [0.29, 0.717) is 12.7 Å². The van der Waals surface area contributed by atoms with Crippen molar-refractivity contribution in [3.05, 3.63) is 0 Å². The highest BCUT2D eigenvalue weighted by Gasteiger charge is 2.73. The summed E-state index contributed by atoms with van der Waals surface area (Å²) in [6, 6.07) is 0. The number of fused-ring (bicyclic) bond motifs is 2. The van der Waals surface area contributed by atoms with Crippen molar-refractivity contribution in [1.29, 1.82) is 0 Å². The molecule has 2 rings (SSSR count). The van der Waals surface area contributed by atoms with Crippen LogP contribution in [-0.2, 0) is 19.2 Å². The molecule has 2 saturated carbocycles. The zero-order valence-electron chi connectivity index (χ0n) is 8.96. The zero-order valence-corrected chi connectivity index (χ0v) is 8.96. The van der Waals surface area contributed by atoms with Gasteiger partial charge >= 0.3 is 11.9 Å². The standard InChI is InChI=1S/C11H12O6/c12-4-10-2-1-6(3-10)7(8(14)15)11(10,5-13)9(16)17/h4-7H,1-3H2,(H,14,15)(H,16,17). The van der Waals surface area contributed by atoms with E-state index >= 15 is 0 Å². The third kappa shape index (κ3) is 1.10. The fourth-order valence-corrected chi connectivity index (χ4v) is 3.64. The molecule has 17 heavy (non-hydrogen) atoms. The van der Waals surface area contributed by atoms with Crippen LogP contribution in [0.3, 0.4) is 0 Å². The topological polar surface area (TPSA) is 109 Å². The van der Waals surface area contributed by atoms with E-state index in [-0.39, 0.29) is 19.1 Å². The maximum Gasteiger partial charge on any atom is 0.318 e. The Morgan fingerprint density at radius 3 is 2.24 bits per heavy atom. The maximum atomic E-state index is 11.4. The van der Waals surface area contributed by atoms with Crippen LogP contribution in [0.25, 0.3) is 0 Å². The second-order valence-electron chi connectivity index (χ2n) is 4.88. The van der Waals surface area contributed by atoms with E-state index in [4.69, 9.17) is 5.11 Å². The van der Waals surface area contributed by atoms with Gasteiger partial charge in [0.25, 0.3) is 0 Å². The first-order valence-electron chi connectivity index (χ1n) is 5.34. The lowest BCUT2D eigenvalue weighted by atomic mass is 9.59. The van der Waals surface area contributed by atoms with Crippen LogP contribution in [0, 0.1) is 22.7 Å². The van der Waals surface area contributed by atoms with Crippen LogP contribution >= 0.6 is 0 Å². The van der Waals surface area contributed by atoms with Crippen LogP contribution < -0.4 is 0 Å². The SMILES string of the molecule is O=CC12CCC(C1)C(C(=O)O)C2(C=O)C(=O)O. The first kappa shape index (κ1) is 11.8. The van der Waals surface area contributed by atoms with Crippen LogP contribution in [0.2, 0.25) is 0 Å². The van der Waals surface area contributed by atoms with Crippen LogP contribution in [0.5, 0.6) is 0 Å². The van der Waals surface area contributed by atoms with Gasteiger partial charge in [0.15, 0.2) is 0 Å². The summed E-state index contributed by atoms with van der Waals surface area (Å²) < 4.78 is 0. The van der Waals surface area contributed by atoms with Gasteiger partial charge < -0.3 is 19.8 Å². The minimum Gasteiger partial charge on any atom is -0.481 e. The number of aliphatic carboxylic acids is 2. The molecule has 4 atom stereocenters. The quantitative estimate of drug-likeness (QED) is 0.527. The number of aldehydes is 2. The minimum atomic E-state index is -2.09. The molecule has 0 radical (unpaired) electrons. The van der Waals surface area contributed by atoms with Gasteiger partial charge in [-0.25, -0.2) is 0 Å². The van der Waals surface area contributed by atoms with Gasteiger partial charge in [-0.2, -0.15) is 0 Å². The van der Waals surface area contributed by atoms with Crippen molar-refractivity contribution in [2.45, 2.75) is 19.3 Å². The Morgan fingerprint density at radius 2 is 1.82 bits per heavy atom. The molecule has 2 aliphatic carbocycles. The molecule has 2 bridgehead atoms. The Bertz CT molecular complexity index is 416. The van der Waals surface area contributed by atoms with Gasteiger partial charge in [-0.15, -0.1) is 0 Å². The second-order valence-corrected chi connectivity index (χ2v) is 4.88. The van der Waals surface area contributed by atoms with Crippen LogP contribution in [0.1, 0.15) is 19.3 Å². The summed E-state index contributed by atoms with van der Waals surface area (Å²) in [4.78, 5) is 45.0. The zero-order chi connectivity index (χ0) is 12.8. The summed E-state index contributed by atoms with van der Waals surface area (Å²) in [5.74, 6) is -4.52. The lowest BCUT2D eigenvalue weighted by Crippen LogP contribution is -2.54. The van der Waals surface area contributed by atoms with Gasteiger partial charge in [-0.05, 0) is 25.2 Å². The molecule has 4 unspecified atom stereocenters. The van der Waals surface area contributed by atoms with Crippen molar-refractivity contribution in [1.82, 2.24) is 0 Å². The average Bonchev–Trinajstić information content (AvgIpc) is 2.82. The molecular formula is C11H12O6. The first-order valence-corrected chi connectivity index (χ1v) is 5.34. The molecule has 2 fully saturated rings. The molecule has 0 aromatic carbocycles. The summed E-state index contributed by atoms with van der Waals surface area (Å²) in [6.45, 7) is 0. The smallest absolute Gasteiger partial charge is 0.318 e. The Balaban J connectivity index is 2.64. The Labute approximate surface area is 96.6 Å². The van der Waals surface area contributed by atoms with Crippen molar-refractivity contribution >= 4 is 24.5 Å². The molecule has 0 aromatic heterocycles. The molecule has 0 heterocycles. The summed E-state index contributed by atoms with van der Waals surface area (Å²) in [6.07, 6.45) is 1.56. The molecule has 92 valence electrons. The fraction of sp³-hybridized carbons (Fsp3) is 0.636. The largest absolute Gasteiger partial charge is 0.481 e. The summed E-state index contributed by atoms with van der Waals surface area (Å²) in [5, 5.41) is 18.4. The van der Waals surface area contributed by atoms with Crippen molar-refractivity contribution in [2.24, 2.45) is 22.7 Å². The Hall–Kier alpha value is -1.72. The highest BCUT2D eigenvalue weighted by Crippen LogP contribution is 2.65. The van der Waals surface area contributed by atoms with Crippen LogP contribution in [-0.4, -0.2) is 34.7 Å². The van der Waals surface area contributed by atoms with E-state index in [2.05, 4.69) is 0 Å². The predicted octanol–water partition coefficient (Wildman–Crippen LogP) is -0.0439. The van der Waals surface area contributed by atoms with Crippen LogP contribution in [0.4, 0.5) is 0 Å². The van der Waals surface area contributed by atoms with Crippen molar-refractivity contribution in [3.8, 4) is 0 Å². The van der Waals surface area contributed by atoms with E-state index < -0.39 is 34.6 Å². The highest BCUT2D eigenvalue weighted by atomic mass is 16.4. The van der Waals surface area contributed by atoms with Crippen molar-refractivity contribution in [2.75, 3.05) is 0 Å². The predicted molar refractivity (Wildman–Crippen MR) is 53.1 cm³/mol. The van der Waals surface area contributed by atoms with E-state index in [1.165, 1.54) is 0 Å². The second kappa shape index (κ2) is 3.38. The number of hydrogen-bond donors (Lipinski definition) is 2. The van der Waals surface area contributed by atoms with E-state index in [1.54, 1.807) is 0 Å². The molecule has 2 N–H and O–H groups in total. The van der Waals surface area contributed by atoms with Gasteiger partial charge in [0, 0.05) is 5.41 Å². The van der Waals surface area contributed by atoms with Crippen molar-refractivity contribution < 1.29 is 29.4 Å². The normalized spacial score (nSPS) is 43.3. The average molecular weight is 240 g/mol.